The van der Waals surface area contributed by atoms with Crippen molar-refractivity contribution in [2.75, 3.05) is 13.7 Å². The fraction of sp³-hybridized carbons (Fsp3) is 0.500. The fourth-order valence-corrected chi connectivity index (χ4v) is 1.01. The van der Waals surface area contributed by atoms with Gasteiger partial charge < -0.3 is 4.74 Å². The van der Waals surface area contributed by atoms with Crippen molar-refractivity contribution in [1.82, 2.24) is 0 Å². The molecule has 0 aromatic heterocycles. The Hall–Kier alpha value is -0.0600. The first-order valence-electron chi connectivity index (χ1n) is 2.73. The lowest BCUT2D eigenvalue weighted by Gasteiger charge is -2.07. The van der Waals surface area contributed by atoms with Gasteiger partial charge >= 0.3 is 0 Å². The average Bonchev–Trinajstić information content (AvgIpc) is 1.90. The van der Waals surface area contributed by atoms with Crippen LogP contribution >= 0.6 is 22.6 Å². The first-order chi connectivity index (χ1) is 4.33. The van der Waals surface area contributed by atoms with Crippen LogP contribution in [-0.4, -0.2) is 23.5 Å². The molecule has 0 saturated heterocycles. The SMILES string of the molecule is COC1=NCC(I)C=C1. The van der Waals surface area contributed by atoms with Crippen LogP contribution in [0.1, 0.15) is 0 Å². The van der Waals surface area contributed by atoms with E-state index in [-0.39, 0.29) is 0 Å². The van der Waals surface area contributed by atoms with Crippen LogP contribution in [0, 0.1) is 0 Å². The number of nitrogens with zero attached hydrogens (tertiary/aromatic N) is 1. The quantitative estimate of drug-likeness (QED) is 0.461. The van der Waals surface area contributed by atoms with Crippen molar-refractivity contribution >= 4 is 28.5 Å². The Balaban J connectivity index is 2.52. The van der Waals surface area contributed by atoms with Crippen LogP contribution in [0.5, 0.6) is 0 Å². The standard InChI is InChI=1S/C6H8INO/c1-9-6-3-2-5(7)4-8-6/h2-3,5H,4H2,1H3. The molecule has 9 heavy (non-hydrogen) atoms. The number of methoxy groups -OCH3 is 1. The summed E-state index contributed by atoms with van der Waals surface area (Å²) in [6.07, 6.45) is 3.99. The third kappa shape index (κ3) is 1.97. The average molecular weight is 237 g/mol. The molecule has 0 aromatic rings. The topological polar surface area (TPSA) is 21.6 Å². The molecule has 1 atom stereocenters. The zero-order valence-corrected chi connectivity index (χ0v) is 7.33. The van der Waals surface area contributed by atoms with Crippen LogP contribution < -0.4 is 0 Å². The van der Waals surface area contributed by atoms with Crippen molar-refractivity contribution in [3.8, 4) is 0 Å². The summed E-state index contributed by atoms with van der Waals surface area (Å²) in [6.45, 7) is 0.847. The Morgan fingerprint density at radius 3 is 3.11 bits per heavy atom. The monoisotopic (exact) mass is 237 g/mol. The Bertz CT molecular complexity index is 153. The molecule has 0 spiro atoms. The van der Waals surface area contributed by atoms with Gasteiger partial charge in [-0.3, -0.25) is 4.99 Å². The Morgan fingerprint density at radius 1 is 1.89 bits per heavy atom. The van der Waals surface area contributed by atoms with E-state index < -0.39 is 0 Å². The van der Waals surface area contributed by atoms with E-state index in [9.17, 15) is 0 Å². The van der Waals surface area contributed by atoms with Gasteiger partial charge in [-0.05, 0) is 6.08 Å². The van der Waals surface area contributed by atoms with Crippen molar-refractivity contribution in [3.63, 3.8) is 0 Å². The van der Waals surface area contributed by atoms with Gasteiger partial charge in [0, 0.05) is 3.92 Å². The molecule has 0 N–H and O–H groups in total. The fourth-order valence-electron chi connectivity index (χ4n) is 0.610. The Labute approximate surface area is 68.1 Å². The highest BCUT2D eigenvalue weighted by atomic mass is 127. The summed E-state index contributed by atoms with van der Waals surface area (Å²) in [5.41, 5.74) is 0. The number of rotatable bonds is 0. The van der Waals surface area contributed by atoms with Gasteiger partial charge in [0.15, 0.2) is 0 Å². The van der Waals surface area contributed by atoms with Crippen LogP contribution in [0.15, 0.2) is 17.1 Å². The van der Waals surface area contributed by atoms with Gasteiger partial charge in [-0.15, -0.1) is 0 Å². The van der Waals surface area contributed by atoms with Crippen LogP contribution in [0.25, 0.3) is 0 Å². The van der Waals surface area contributed by atoms with E-state index in [4.69, 9.17) is 4.74 Å². The summed E-state index contributed by atoms with van der Waals surface area (Å²) in [6, 6.07) is 0. The normalized spacial score (nSPS) is 25.6. The van der Waals surface area contributed by atoms with Crippen molar-refractivity contribution in [2.45, 2.75) is 3.92 Å². The lowest BCUT2D eigenvalue weighted by atomic mass is 10.3. The second-order valence-electron chi connectivity index (χ2n) is 1.76. The van der Waals surface area contributed by atoms with E-state index in [1.807, 2.05) is 6.08 Å². The van der Waals surface area contributed by atoms with Crippen LogP contribution in [0.4, 0.5) is 0 Å². The maximum absolute atomic E-state index is 4.90. The van der Waals surface area contributed by atoms with Gasteiger partial charge in [-0.25, -0.2) is 0 Å². The predicted octanol–water partition coefficient (Wildman–Crippen LogP) is 1.40. The molecule has 1 unspecified atom stereocenters. The Kier molecular flexibility index (Phi) is 2.50. The molecule has 0 bridgehead atoms. The summed E-state index contributed by atoms with van der Waals surface area (Å²) in [7, 11) is 1.64. The maximum atomic E-state index is 4.90. The lowest BCUT2D eigenvalue weighted by Crippen LogP contribution is -2.09. The van der Waals surface area contributed by atoms with Gasteiger partial charge in [0.1, 0.15) is 0 Å². The van der Waals surface area contributed by atoms with E-state index in [0.717, 1.165) is 12.4 Å². The molecule has 0 radical (unpaired) electrons. The largest absolute Gasteiger partial charge is 0.481 e. The van der Waals surface area contributed by atoms with Crippen molar-refractivity contribution < 1.29 is 4.74 Å². The molecule has 2 nitrogen and oxygen atoms in total. The van der Waals surface area contributed by atoms with Crippen molar-refractivity contribution in [3.05, 3.63) is 12.2 Å². The summed E-state index contributed by atoms with van der Waals surface area (Å²) in [5.74, 6) is 0.739. The molecule has 1 aliphatic heterocycles. The molecule has 0 amide bonds. The molecule has 50 valence electrons. The van der Waals surface area contributed by atoms with Gasteiger partial charge in [-0.1, -0.05) is 28.7 Å². The molecule has 0 aliphatic carbocycles. The zero-order valence-electron chi connectivity index (χ0n) is 5.17. The number of aliphatic imine (C=N–C) groups is 1. The number of hydrogen-bond donors (Lipinski definition) is 0. The van der Waals surface area contributed by atoms with Crippen LogP contribution in [0.3, 0.4) is 0 Å². The molecular formula is C6H8INO. The van der Waals surface area contributed by atoms with Crippen molar-refractivity contribution in [1.29, 1.82) is 0 Å². The number of hydrogen-bond acceptors (Lipinski definition) is 2. The molecule has 0 aromatic carbocycles. The summed E-state index contributed by atoms with van der Waals surface area (Å²) in [5, 5.41) is 0. The van der Waals surface area contributed by atoms with Gasteiger partial charge in [0.05, 0.1) is 13.7 Å². The van der Waals surface area contributed by atoms with E-state index in [2.05, 4.69) is 33.7 Å². The molecule has 1 aliphatic rings. The second kappa shape index (κ2) is 3.20. The first kappa shape index (κ1) is 7.05. The minimum absolute atomic E-state index is 0.543. The van der Waals surface area contributed by atoms with Crippen molar-refractivity contribution in [2.24, 2.45) is 4.99 Å². The number of dihydropyridines is 1. The third-order valence-corrected chi connectivity index (χ3v) is 1.89. The van der Waals surface area contributed by atoms with E-state index in [1.54, 1.807) is 7.11 Å². The summed E-state index contributed by atoms with van der Waals surface area (Å²) >= 11 is 2.33. The predicted molar refractivity (Wildman–Crippen MR) is 46.3 cm³/mol. The van der Waals surface area contributed by atoms with Gasteiger partial charge in [0.25, 0.3) is 0 Å². The molecule has 0 fully saturated rings. The lowest BCUT2D eigenvalue weighted by molar-refractivity contribution is 0.403. The van der Waals surface area contributed by atoms with Gasteiger partial charge in [-0.2, -0.15) is 0 Å². The van der Waals surface area contributed by atoms with Crippen LogP contribution in [0.2, 0.25) is 0 Å². The number of halogens is 1. The molecule has 1 heterocycles. The molecular weight excluding hydrogens is 229 g/mol. The second-order valence-corrected chi connectivity index (χ2v) is 3.36. The van der Waals surface area contributed by atoms with Gasteiger partial charge in [0.2, 0.25) is 5.90 Å². The Morgan fingerprint density at radius 2 is 2.67 bits per heavy atom. The highest BCUT2D eigenvalue weighted by Gasteiger charge is 2.04. The maximum Gasteiger partial charge on any atom is 0.207 e. The highest BCUT2D eigenvalue weighted by Crippen LogP contribution is 2.07. The molecule has 1 rings (SSSR count). The minimum Gasteiger partial charge on any atom is -0.481 e. The zero-order chi connectivity index (χ0) is 6.69. The highest BCUT2D eigenvalue weighted by molar-refractivity contribution is 14.1. The van der Waals surface area contributed by atoms with Crippen LogP contribution in [-0.2, 0) is 4.74 Å². The van der Waals surface area contributed by atoms with E-state index in [1.165, 1.54) is 0 Å². The first-order valence-corrected chi connectivity index (χ1v) is 3.98. The smallest absolute Gasteiger partial charge is 0.207 e. The summed E-state index contributed by atoms with van der Waals surface area (Å²) < 4.78 is 5.44. The third-order valence-electron chi connectivity index (χ3n) is 1.08. The summed E-state index contributed by atoms with van der Waals surface area (Å²) in [4.78, 5) is 4.13. The van der Waals surface area contributed by atoms with E-state index >= 15 is 0 Å². The molecule has 3 heteroatoms. The number of ether oxygens (including phenoxy) is 1. The molecule has 0 saturated carbocycles. The van der Waals surface area contributed by atoms with E-state index in [0.29, 0.717) is 3.92 Å². The number of alkyl halides is 1. The minimum atomic E-state index is 0.543.